The van der Waals surface area contributed by atoms with E-state index in [1.54, 1.807) is 35.7 Å². The second-order valence-corrected chi connectivity index (χ2v) is 6.56. The smallest absolute Gasteiger partial charge is 0.275 e. The number of hydrogen-bond donors (Lipinski definition) is 1. The van der Waals surface area contributed by atoms with Crippen LogP contribution in [0.2, 0.25) is 0 Å². The third-order valence-electron chi connectivity index (χ3n) is 3.78. The molecule has 120 valence electrons. The summed E-state index contributed by atoms with van der Waals surface area (Å²) in [6.07, 6.45) is 3.03. The Kier molecular flexibility index (Phi) is 4.58. The van der Waals surface area contributed by atoms with E-state index in [0.29, 0.717) is 29.9 Å². The van der Waals surface area contributed by atoms with Crippen molar-refractivity contribution in [1.29, 1.82) is 0 Å². The minimum absolute atomic E-state index is 0.0349. The molecule has 0 bridgehead atoms. The number of halogens is 1. The minimum atomic E-state index is -0.287. The average Bonchev–Trinajstić information content (AvgIpc) is 3.05. The van der Waals surface area contributed by atoms with E-state index in [2.05, 4.69) is 9.97 Å². The lowest BCUT2D eigenvalue weighted by Gasteiger charge is -2.22. The number of carbonyl (C=O) groups excluding carboxylic acids is 1. The highest BCUT2D eigenvalue weighted by molar-refractivity contribution is 8.00. The molecule has 2 heterocycles. The van der Waals surface area contributed by atoms with Crippen LogP contribution in [0.5, 0.6) is 0 Å². The summed E-state index contributed by atoms with van der Waals surface area (Å²) < 4.78 is 13.5. The molecule has 0 aliphatic carbocycles. The number of thioether (sulfide) groups is 1. The molecule has 1 aliphatic heterocycles. The van der Waals surface area contributed by atoms with E-state index in [1.807, 2.05) is 0 Å². The molecule has 1 unspecified atom stereocenters. The second-order valence-electron chi connectivity index (χ2n) is 5.28. The highest BCUT2D eigenvalue weighted by Gasteiger charge is 2.31. The quantitative estimate of drug-likeness (QED) is 0.931. The molecule has 23 heavy (non-hydrogen) atoms. The fraction of sp³-hybridized carbons (Fsp3) is 0.312. The van der Waals surface area contributed by atoms with Crippen LogP contribution in [0.15, 0.2) is 30.6 Å². The van der Waals surface area contributed by atoms with Gasteiger partial charge in [-0.05, 0) is 30.7 Å². The Bertz CT molecular complexity index is 740. The molecule has 5 nitrogen and oxygen atoms in total. The average molecular weight is 332 g/mol. The molecule has 1 aromatic heterocycles. The Balaban J connectivity index is 2.00. The van der Waals surface area contributed by atoms with E-state index < -0.39 is 0 Å². The first kappa shape index (κ1) is 15.9. The zero-order valence-electron chi connectivity index (χ0n) is 12.7. The van der Waals surface area contributed by atoms with Crippen LogP contribution in [-0.2, 0) is 0 Å². The van der Waals surface area contributed by atoms with Crippen LogP contribution in [0.3, 0.4) is 0 Å². The largest absolute Gasteiger partial charge is 0.328 e. The zero-order chi connectivity index (χ0) is 16.4. The predicted octanol–water partition coefficient (Wildman–Crippen LogP) is 2.06. The number of amides is 1. The van der Waals surface area contributed by atoms with Gasteiger partial charge in [-0.25, -0.2) is 9.37 Å². The molecule has 2 aromatic rings. The number of nitrogens with zero attached hydrogens (tertiary/aromatic N) is 3. The highest BCUT2D eigenvalue weighted by atomic mass is 32.2. The molecule has 7 heteroatoms. The van der Waals surface area contributed by atoms with Crippen molar-refractivity contribution in [2.45, 2.75) is 12.3 Å². The van der Waals surface area contributed by atoms with Gasteiger partial charge in [-0.1, -0.05) is 0 Å². The van der Waals surface area contributed by atoms with Gasteiger partial charge < -0.3 is 10.6 Å². The molecule has 1 saturated heterocycles. The van der Waals surface area contributed by atoms with E-state index in [-0.39, 0.29) is 22.8 Å². The van der Waals surface area contributed by atoms with Gasteiger partial charge in [0.1, 0.15) is 11.5 Å². The van der Waals surface area contributed by atoms with Crippen molar-refractivity contribution >= 4 is 17.7 Å². The number of rotatable bonds is 3. The third kappa shape index (κ3) is 3.07. The molecule has 1 fully saturated rings. The molecule has 0 saturated carbocycles. The Hall–Kier alpha value is -1.99. The van der Waals surface area contributed by atoms with Crippen molar-refractivity contribution < 1.29 is 9.18 Å². The van der Waals surface area contributed by atoms with Gasteiger partial charge in [0, 0.05) is 36.8 Å². The standard InChI is InChI=1S/C16H17FN4OS/c1-10-8-11(2-3-12(10)17)14-15(20-5-4-19-14)16(22)21-6-7-23-13(21)9-18/h2-5,8,13H,6-7,9,18H2,1H3. The fourth-order valence-corrected chi connectivity index (χ4v) is 3.67. The second kappa shape index (κ2) is 6.64. The summed E-state index contributed by atoms with van der Waals surface area (Å²) in [5, 5.41) is -0.0349. The van der Waals surface area contributed by atoms with Crippen molar-refractivity contribution in [2.24, 2.45) is 5.73 Å². The molecular formula is C16H17FN4OS. The van der Waals surface area contributed by atoms with Crippen molar-refractivity contribution in [1.82, 2.24) is 14.9 Å². The molecule has 3 rings (SSSR count). The number of nitrogens with two attached hydrogens (primary N) is 1. The molecule has 1 aromatic carbocycles. The maximum atomic E-state index is 13.5. The van der Waals surface area contributed by atoms with Crippen LogP contribution in [-0.4, -0.2) is 45.0 Å². The van der Waals surface area contributed by atoms with Gasteiger partial charge in [0.25, 0.3) is 5.91 Å². The van der Waals surface area contributed by atoms with Crippen LogP contribution in [0.25, 0.3) is 11.3 Å². The fourth-order valence-electron chi connectivity index (χ4n) is 2.58. The summed E-state index contributed by atoms with van der Waals surface area (Å²) in [6, 6.07) is 4.67. The van der Waals surface area contributed by atoms with Crippen LogP contribution in [0.4, 0.5) is 4.39 Å². The molecule has 1 amide bonds. The lowest BCUT2D eigenvalue weighted by molar-refractivity contribution is 0.0758. The topological polar surface area (TPSA) is 72.1 Å². The molecule has 0 spiro atoms. The van der Waals surface area contributed by atoms with E-state index in [0.717, 1.165) is 5.75 Å². The summed E-state index contributed by atoms with van der Waals surface area (Å²) in [5.41, 5.74) is 7.66. The number of carbonyl (C=O) groups is 1. The first-order valence-electron chi connectivity index (χ1n) is 7.32. The summed E-state index contributed by atoms with van der Waals surface area (Å²) in [6.45, 7) is 2.73. The van der Waals surface area contributed by atoms with Gasteiger partial charge in [0.05, 0.1) is 5.37 Å². The summed E-state index contributed by atoms with van der Waals surface area (Å²) in [4.78, 5) is 23.1. The summed E-state index contributed by atoms with van der Waals surface area (Å²) in [5.74, 6) is 0.388. The van der Waals surface area contributed by atoms with Gasteiger partial charge >= 0.3 is 0 Å². The first-order chi connectivity index (χ1) is 11.1. The molecule has 1 atom stereocenters. The number of benzene rings is 1. The Morgan fingerprint density at radius 2 is 2.22 bits per heavy atom. The van der Waals surface area contributed by atoms with Crippen molar-refractivity contribution in [3.05, 3.63) is 47.7 Å². The Morgan fingerprint density at radius 3 is 2.96 bits per heavy atom. The van der Waals surface area contributed by atoms with Crippen molar-refractivity contribution in [3.8, 4) is 11.3 Å². The van der Waals surface area contributed by atoms with Crippen LogP contribution >= 0.6 is 11.8 Å². The van der Waals surface area contributed by atoms with Crippen LogP contribution in [0, 0.1) is 12.7 Å². The maximum Gasteiger partial charge on any atom is 0.275 e. The van der Waals surface area contributed by atoms with Gasteiger partial charge in [0.2, 0.25) is 0 Å². The van der Waals surface area contributed by atoms with Crippen molar-refractivity contribution in [2.75, 3.05) is 18.8 Å². The van der Waals surface area contributed by atoms with Crippen LogP contribution in [0.1, 0.15) is 16.1 Å². The molecular weight excluding hydrogens is 315 g/mol. The molecule has 2 N–H and O–H groups in total. The van der Waals surface area contributed by atoms with E-state index >= 15 is 0 Å². The minimum Gasteiger partial charge on any atom is -0.328 e. The zero-order valence-corrected chi connectivity index (χ0v) is 13.5. The monoisotopic (exact) mass is 332 g/mol. The summed E-state index contributed by atoms with van der Waals surface area (Å²) >= 11 is 1.66. The molecule has 1 aliphatic rings. The normalized spacial score (nSPS) is 17.5. The van der Waals surface area contributed by atoms with E-state index in [1.165, 1.54) is 18.5 Å². The summed E-state index contributed by atoms with van der Waals surface area (Å²) in [7, 11) is 0. The molecule has 0 radical (unpaired) electrons. The van der Waals surface area contributed by atoms with Crippen molar-refractivity contribution in [3.63, 3.8) is 0 Å². The Labute approximate surface area is 138 Å². The number of hydrogen-bond acceptors (Lipinski definition) is 5. The first-order valence-corrected chi connectivity index (χ1v) is 8.37. The van der Waals surface area contributed by atoms with Gasteiger partial charge in [0.15, 0.2) is 5.69 Å². The number of aromatic nitrogens is 2. The van der Waals surface area contributed by atoms with Crippen LogP contribution < -0.4 is 5.73 Å². The van der Waals surface area contributed by atoms with Gasteiger partial charge in [-0.2, -0.15) is 0 Å². The highest BCUT2D eigenvalue weighted by Crippen LogP contribution is 2.28. The van der Waals surface area contributed by atoms with Gasteiger partial charge in [-0.15, -0.1) is 11.8 Å². The van der Waals surface area contributed by atoms with E-state index in [9.17, 15) is 9.18 Å². The maximum absolute atomic E-state index is 13.5. The van der Waals surface area contributed by atoms with E-state index in [4.69, 9.17) is 5.73 Å². The third-order valence-corrected chi connectivity index (χ3v) is 5.03. The number of aryl methyl sites for hydroxylation is 1. The predicted molar refractivity (Wildman–Crippen MR) is 88.5 cm³/mol. The van der Waals surface area contributed by atoms with Gasteiger partial charge in [-0.3, -0.25) is 9.78 Å². The lowest BCUT2D eigenvalue weighted by atomic mass is 10.1. The SMILES string of the molecule is Cc1cc(-c2nccnc2C(=O)N2CCSC2CN)ccc1F. The lowest BCUT2D eigenvalue weighted by Crippen LogP contribution is -2.39. The Morgan fingerprint density at radius 1 is 1.43 bits per heavy atom.